The van der Waals surface area contributed by atoms with E-state index < -0.39 is 24.2 Å². The Labute approximate surface area is 123 Å². The molecule has 2 aromatic rings. The molecule has 1 aliphatic rings. The second-order valence-electron chi connectivity index (χ2n) is 5.10. The van der Waals surface area contributed by atoms with E-state index in [1.165, 1.54) is 6.20 Å². The standard InChI is InChI=1S/C14H12F3N3O2/c1-19-8-10(9-4-2-3-5-11(9)19)12(21)20-13(22,6-7-18-20)14(15,16)17/h2-5,7-8,22H,6H2,1H3/t13-/m1/s1. The minimum Gasteiger partial charge on any atom is -0.362 e. The quantitative estimate of drug-likeness (QED) is 0.878. The van der Waals surface area contributed by atoms with Gasteiger partial charge in [-0.2, -0.15) is 23.3 Å². The van der Waals surface area contributed by atoms with Crippen LogP contribution >= 0.6 is 0 Å². The molecule has 1 amide bonds. The van der Waals surface area contributed by atoms with E-state index in [1.807, 2.05) is 0 Å². The van der Waals surface area contributed by atoms with E-state index in [2.05, 4.69) is 5.10 Å². The van der Waals surface area contributed by atoms with Gasteiger partial charge in [-0.3, -0.25) is 4.79 Å². The van der Waals surface area contributed by atoms with E-state index in [9.17, 15) is 23.1 Å². The number of hydrogen-bond acceptors (Lipinski definition) is 3. The van der Waals surface area contributed by atoms with Crippen molar-refractivity contribution in [1.29, 1.82) is 0 Å². The summed E-state index contributed by atoms with van der Waals surface area (Å²) in [7, 11) is 1.68. The number of carbonyl (C=O) groups is 1. The maximum atomic E-state index is 13.1. The number of halogens is 3. The van der Waals surface area contributed by atoms with Gasteiger partial charge in [0.05, 0.1) is 5.56 Å². The molecule has 0 spiro atoms. The number of nitrogens with zero attached hydrogens (tertiary/aromatic N) is 3. The van der Waals surface area contributed by atoms with Gasteiger partial charge < -0.3 is 9.67 Å². The molecule has 0 aliphatic carbocycles. The number of amides is 1. The van der Waals surface area contributed by atoms with Gasteiger partial charge >= 0.3 is 6.18 Å². The normalized spacial score (nSPS) is 21.8. The lowest BCUT2D eigenvalue weighted by Gasteiger charge is -2.32. The Morgan fingerprint density at radius 3 is 2.73 bits per heavy atom. The largest absolute Gasteiger partial charge is 0.438 e. The van der Waals surface area contributed by atoms with Crippen molar-refractivity contribution in [2.45, 2.75) is 18.3 Å². The Balaban J connectivity index is 2.08. The maximum absolute atomic E-state index is 13.1. The average Bonchev–Trinajstić information content (AvgIpc) is 3.00. The first-order valence-electron chi connectivity index (χ1n) is 6.46. The van der Waals surface area contributed by atoms with Crippen LogP contribution in [0.25, 0.3) is 10.9 Å². The van der Waals surface area contributed by atoms with Crippen molar-refractivity contribution in [3.63, 3.8) is 0 Å². The Kier molecular flexibility index (Phi) is 3.03. The first-order chi connectivity index (χ1) is 10.3. The van der Waals surface area contributed by atoms with E-state index in [4.69, 9.17) is 0 Å². The minimum atomic E-state index is -5.00. The number of hydrogen-bond donors (Lipinski definition) is 1. The monoisotopic (exact) mass is 311 g/mol. The topological polar surface area (TPSA) is 57.8 Å². The molecule has 0 saturated carbocycles. The summed E-state index contributed by atoms with van der Waals surface area (Å²) in [4.78, 5) is 12.5. The average molecular weight is 311 g/mol. The van der Waals surface area contributed by atoms with Crippen molar-refractivity contribution < 1.29 is 23.1 Å². The number of aryl methyl sites for hydroxylation is 1. The van der Waals surface area contributed by atoms with Crippen molar-refractivity contribution in [2.75, 3.05) is 0 Å². The minimum absolute atomic E-state index is 0.0554. The summed E-state index contributed by atoms with van der Waals surface area (Å²) in [5.41, 5.74) is -2.55. The molecule has 0 bridgehead atoms. The highest BCUT2D eigenvalue weighted by atomic mass is 19.4. The highest BCUT2D eigenvalue weighted by molar-refractivity contribution is 6.07. The van der Waals surface area contributed by atoms with E-state index in [0.717, 1.165) is 6.21 Å². The number of para-hydroxylation sites is 1. The van der Waals surface area contributed by atoms with E-state index in [-0.39, 0.29) is 10.6 Å². The zero-order valence-electron chi connectivity index (χ0n) is 11.5. The third kappa shape index (κ3) is 1.91. The summed E-state index contributed by atoms with van der Waals surface area (Å²) in [6.45, 7) is 0. The summed E-state index contributed by atoms with van der Waals surface area (Å²) >= 11 is 0. The molecule has 116 valence electrons. The van der Waals surface area contributed by atoms with Gasteiger partial charge in [-0.25, -0.2) is 0 Å². The Morgan fingerprint density at radius 2 is 2.05 bits per heavy atom. The number of aromatic nitrogens is 1. The Bertz CT molecular complexity index is 781. The number of benzene rings is 1. The molecule has 8 heteroatoms. The lowest BCUT2D eigenvalue weighted by molar-refractivity contribution is -0.297. The molecule has 1 aliphatic heterocycles. The van der Waals surface area contributed by atoms with Crippen LogP contribution in [0.15, 0.2) is 35.6 Å². The second-order valence-corrected chi connectivity index (χ2v) is 5.10. The van der Waals surface area contributed by atoms with Gasteiger partial charge in [0, 0.05) is 36.8 Å². The number of carbonyl (C=O) groups excluding carboxylic acids is 1. The molecule has 2 heterocycles. The van der Waals surface area contributed by atoms with Crippen molar-refractivity contribution in [3.8, 4) is 0 Å². The Hall–Kier alpha value is -2.35. The molecule has 5 nitrogen and oxygen atoms in total. The van der Waals surface area contributed by atoms with Crippen LogP contribution in [0, 0.1) is 0 Å². The van der Waals surface area contributed by atoms with Crippen LogP contribution in [0.4, 0.5) is 13.2 Å². The fourth-order valence-electron chi connectivity index (χ4n) is 2.51. The summed E-state index contributed by atoms with van der Waals surface area (Å²) in [5, 5.41) is 13.9. The first-order valence-corrected chi connectivity index (χ1v) is 6.46. The summed E-state index contributed by atoms with van der Waals surface area (Å²) in [6.07, 6.45) is -3.47. The zero-order valence-corrected chi connectivity index (χ0v) is 11.5. The molecule has 0 unspecified atom stereocenters. The third-order valence-corrected chi connectivity index (χ3v) is 3.70. The van der Waals surface area contributed by atoms with Gasteiger partial charge in [0.25, 0.3) is 11.6 Å². The third-order valence-electron chi connectivity index (χ3n) is 3.70. The molecule has 1 N–H and O–H groups in total. The highest BCUT2D eigenvalue weighted by Gasteiger charge is 2.61. The van der Waals surface area contributed by atoms with Gasteiger partial charge in [-0.1, -0.05) is 18.2 Å². The number of aliphatic hydroxyl groups is 1. The smallest absolute Gasteiger partial charge is 0.362 e. The van der Waals surface area contributed by atoms with Crippen LogP contribution in [0.5, 0.6) is 0 Å². The van der Waals surface area contributed by atoms with Crippen molar-refractivity contribution in [2.24, 2.45) is 12.1 Å². The van der Waals surface area contributed by atoms with Crippen LogP contribution in [0.2, 0.25) is 0 Å². The fourth-order valence-corrected chi connectivity index (χ4v) is 2.51. The molecule has 1 atom stereocenters. The van der Waals surface area contributed by atoms with E-state index in [1.54, 1.807) is 35.9 Å². The molecule has 3 rings (SSSR count). The molecule has 0 radical (unpaired) electrons. The van der Waals surface area contributed by atoms with Crippen molar-refractivity contribution >= 4 is 23.0 Å². The zero-order chi connectivity index (χ0) is 16.1. The molecular formula is C14H12F3N3O2. The van der Waals surface area contributed by atoms with E-state index >= 15 is 0 Å². The number of fused-ring (bicyclic) bond motifs is 1. The Morgan fingerprint density at radius 1 is 1.36 bits per heavy atom. The van der Waals surface area contributed by atoms with Gasteiger partial charge in [0.15, 0.2) is 0 Å². The molecule has 0 saturated heterocycles. The van der Waals surface area contributed by atoms with Gasteiger partial charge in [0.2, 0.25) is 0 Å². The van der Waals surface area contributed by atoms with Crippen molar-refractivity contribution in [1.82, 2.24) is 9.58 Å². The van der Waals surface area contributed by atoms with Crippen LogP contribution in [-0.2, 0) is 7.05 Å². The van der Waals surface area contributed by atoms with Crippen LogP contribution in [0.1, 0.15) is 16.8 Å². The van der Waals surface area contributed by atoms with Crippen LogP contribution in [0.3, 0.4) is 0 Å². The predicted octanol–water partition coefficient (Wildman–Crippen LogP) is 2.26. The molecule has 1 aromatic heterocycles. The summed E-state index contributed by atoms with van der Waals surface area (Å²) < 4.78 is 40.8. The molecule has 0 fully saturated rings. The van der Waals surface area contributed by atoms with Crippen molar-refractivity contribution in [3.05, 3.63) is 36.0 Å². The van der Waals surface area contributed by atoms with E-state index in [0.29, 0.717) is 10.9 Å². The number of alkyl halides is 3. The fraction of sp³-hybridized carbons (Fsp3) is 0.286. The highest BCUT2D eigenvalue weighted by Crippen LogP contribution is 2.39. The molecular weight excluding hydrogens is 299 g/mol. The van der Waals surface area contributed by atoms with Crippen LogP contribution < -0.4 is 0 Å². The maximum Gasteiger partial charge on any atom is 0.438 e. The SMILES string of the molecule is Cn1cc(C(=O)N2N=CC[C@@]2(O)C(F)(F)F)c2ccccc21. The summed E-state index contributed by atoms with van der Waals surface area (Å²) in [5.74, 6) is -0.995. The lowest BCUT2D eigenvalue weighted by atomic mass is 10.1. The molecule has 22 heavy (non-hydrogen) atoms. The lowest BCUT2D eigenvalue weighted by Crippen LogP contribution is -2.56. The predicted molar refractivity (Wildman–Crippen MR) is 73.2 cm³/mol. The number of rotatable bonds is 1. The second kappa shape index (κ2) is 4.57. The van der Waals surface area contributed by atoms with Gasteiger partial charge in [-0.05, 0) is 6.07 Å². The molecule has 1 aromatic carbocycles. The van der Waals surface area contributed by atoms with Crippen LogP contribution in [-0.4, -0.2) is 38.7 Å². The number of hydrazone groups is 1. The van der Waals surface area contributed by atoms with Gasteiger partial charge in [-0.15, -0.1) is 0 Å². The van der Waals surface area contributed by atoms with Gasteiger partial charge in [0.1, 0.15) is 0 Å². The summed E-state index contributed by atoms with van der Waals surface area (Å²) in [6, 6.07) is 6.82. The first kappa shape index (κ1) is 14.6.